The number of hydrazone groups is 1. The number of nitrogens with one attached hydrogen (secondary N) is 1. The molecule has 2 aromatic rings. The molecule has 5 nitrogen and oxygen atoms in total. The molecule has 0 fully saturated rings. The van der Waals surface area contributed by atoms with Gasteiger partial charge in [-0.1, -0.05) is 46.9 Å². The monoisotopic (exact) mass is 372 g/mol. The van der Waals surface area contributed by atoms with Gasteiger partial charge in [-0.15, -0.1) is 0 Å². The number of carbonyl (C=O) groups excluding carboxylic acids is 1. The van der Waals surface area contributed by atoms with Gasteiger partial charge >= 0.3 is 0 Å². The van der Waals surface area contributed by atoms with Crippen molar-refractivity contribution >= 4 is 46.9 Å². The Hall–Kier alpha value is -1.95. The van der Waals surface area contributed by atoms with Crippen molar-refractivity contribution in [2.24, 2.45) is 5.10 Å². The molecule has 120 valence electrons. The van der Waals surface area contributed by atoms with Gasteiger partial charge < -0.3 is 9.84 Å². The lowest BCUT2D eigenvalue weighted by Crippen LogP contribution is -2.24. The van der Waals surface area contributed by atoms with Gasteiger partial charge in [0.15, 0.2) is 6.61 Å². The first kappa shape index (κ1) is 17.4. The van der Waals surface area contributed by atoms with E-state index in [2.05, 4.69) is 10.5 Å². The van der Waals surface area contributed by atoms with Gasteiger partial charge in [0.25, 0.3) is 5.91 Å². The summed E-state index contributed by atoms with van der Waals surface area (Å²) in [5.74, 6) is -0.130. The molecule has 0 atom stereocenters. The van der Waals surface area contributed by atoms with Gasteiger partial charge in [0, 0.05) is 6.07 Å². The molecule has 0 saturated heterocycles. The maximum atomic E-state index is 11.6. The molecular formula is C15H11Cl3N2O3. The Morgan fingerprint density at radius 3 is 2.65 bits per heavy atom. The second-order valence-corrected chi connectivity index (χ2v) is 5.60. The number of halogens is 3. The number of ether oxygens (including phenoxy) is 1. The van der Waals surface area contributed by atoms with Gasteiger partial charge in [0.1, 0.15) is 11.5 Å². The minimum atomic E-state index is -0.483. The fraction of sp³-hybridized carbons (Fsp3) is 0.0667. The van der Waals surface area contributed by atoms with Crippen LogP contribution in [0.4, 0.5) is 0 Å². The number of carbonyl (C=O) groups is 1. The Balaban J connectivity index is 1.87. The van der Waals surface area contributed by atoms with Crippen LogP contribution in [0, 0.1) is 0 Å². The van der Waals surface area contributed by atoms with E-state index in [-0.39, 0.29) is 28.2 Å². The first-order valence-electron chi connectivity index (χ1n) is 6.34. The van der Waals surface area contributed by atoms with Crippen LogP contribution in [0.15, 0.2) is 41.5 Å². The highest BCUT2D eigenvalue weighted by Crippen LogP contribution is 2.33. The molecule has 8 heteroatoms. The quantitative estimate of drug-likeness (QED) is 0.474. The number of nitrogens with zero attached hydrogens (tertiary/aromatic N) is 1. The van der Waals surface area contributed by atoms with Crippen LogP contribution in [0.5, 0.6) is 11.5 Å². The summed E-state index contributed by atoms with van der Waals surface area (Å²) in [5, 5.41) is 13.9. The number of benzene rings is 2. The maximum Gasteiger partial charge on any atom is 0.277 e. The Labute approximate surface area is 147 Å². The molecule has 0 unspecified atom stereocenters. The van der Waals surface area contributed by atoms with Gasteiger partial charge in [0.05, 0.1) is 21.3 Å². The number of hydrogen-bond donors (Lipinski definition) is 2. The summed E-state index contributed by atoms with van der Waals surface area (Å²) >= 11 is 17.6. The van der Waals surface area contributed by atoms with Crippen molar-refractivity contribution < 1.29 is 14.6 Å². The van der Waals surface area contributed by atoms with Crippen molar-refractivity contribution in [1.29, 1.82) is 0 Å². The fourth-order valence-electron chi connectivity index (χ4n) is 1.57. The standard InChI is InChI=1S/C15H11Cl3N2O3/c16-11-5-13(18)14(6-12(11)17)23-8-15(22)20-19-7-9-2-1-3-10(21)4-9/h1-7,21H,8H2,(H,20,22)/b19-7+. The smallest absolute Gasteiger partial charge is 0.277 e. The Morgan fingerprint density at radius 1 is 1.17 bits per heavy atom. The molecule has 0 heterocycles. The van der Waals surface area contributed by atoms with Gasteiger partial charge in [-0.05, 0) is 23.8 Å². The summed E-state index contributed by atoms with van der Waals surface area (Å²) in [5.41, 5.74) is 2.93. The van der Waals surface area contributed by atoms with Gasteiger partial charge in [-0.3, -0.25) is 4.79 Å². The zero-order valence-corrected chi connectivity index (χ0v) is 13.9. The zero-order valence-electron chi connectivity index (χ0n) is 11.6. The summed E-state index contributed by atoms with van der Waals surface area (Å²) in [4.78, 5) is 11.6. The van der Waals surface area contributed by atoms with E-state index in [9.17, 15) is 9.90 Å². The van der Waals surface area contributed by atoms with Crippen LogP contribution < -0.4 is 10.2 Å². The topological polar surface area (TPSA) is 70.9 Å². The van der Waals surface area contributed by atoms with Gasteiger partial charge in [-0.25, -0.2) is 5.43 Å². The van der Waals surface area contributed by atoms with Crippen molar-refractivity contribution in [2.75, 3.05) is 6.61 Å². The lowest BCUT2D eigenvalue weighted by atomic mass is 10.2. The third-order valence-electron chi connectivity index (χ3n) is 2.61. The lowest BCUT2D eigenvalue weighted by molar-refractivity contribution is -0.123. The highest BCUT2D eigenvalue weighted by atomic mass is 35.5. The number of phenols is 1. The first-order valence-corrected chi connectivity index (χ1v) is 7.47. The normalized spacial score (nSPS) is 10.7. The molecule has 1 amide bonds. The molecule has 2 rings (SSSR count). The average Bonchev–Trinajstić information content (AvgIpc) is 2.50. The minimum absolute atomic E-state index is 0.109. The van der Waals surface area contributed by atoms with Crippen LogP contribution in [-0.4, -0.2) is 23.8 Å². The van der Waals surface area contributed by atoms with Crippen LogP contribution >= 0.6 is 34.8 Å². The Morgan fingerprint density at radius 2 is 1.91 bits per heavy atom. The Kier molecular flexibility index (Phi) is 6.10. The minimum Gasteiger partial charge on any atom is -0.508 e. The molecule has 23 heavy (non-hydrogen) atoms. The molecule has 0 aliphatic heterocycles. The molecule has 2 aromatic carbocycles. The number of aromatic hydroxyl groups is 1. The van der Waals surface area contributed by atoms with E-state index in [1.807, 2.05) is 0 Å². The summed E-state index contributed by atoms with van der Waals surface area (Å²) in [6, 6.07) is 9.27. The molecule has 0 saturated carbocycles. The number of phenolic OH excluding ortho intramolecular Hbond substituents is 1. The predicted octanol–water partition coefficient (Wildman–Crippen LogP) is 3.88. The van der Waals surface area contributed by atoms with Gasteiger partial charge in [0.2, 0.25) is 0 Å². The molecule has 0 radical (unpaired) electrons. The fourth-order valence-corrected chi connectivity index (χ4v) is 2.17. The van der Waals surface area contributed by atoms with E-state index in [0.29, 0.717) is 10.6 Å². The largest absolute Gasteiger partial charge is 0.508 e. The van der Waals surface area contributed by atoms with Crippen LogP contribution in [0.1, 0.15) is 5.56 Å². The molecular weight excluding hydrogens is 363 g/mol. The van der Waals surface area contributed by atoms with Crippen LogP contribution in [0.2, 0.25) is 15.1 Å². The second kappa shape index (κ2) is 8.06. The van der Waals surface area contributed by atoms with Crippen LogP contribution in [0.25, 0.3) is 0 Å². The summed E-state index contributed by atoms with van der Waals surface area (Å²) in [6.45, 7) is -0.297. The summed E-state index contributed by atoms with van der Waals surface area (Å²) < 4.78 is 5.26. The molecule has 0 aliphatic rings. The van der Waals surface area contributed by atoms with E-state index in [1.54, 1.807) is 12.1 Å². The zero-order chi connectivity index (χ0) is 16.8. The third kappa shape index (κ3) is 5.32. The highest BCUT2D eigenvalue weighted by Gasteiger charge is 2.09. The van der Waals surface area contributed by atoms with Crippen LogP contribution in [-0.2, 0) is 4.79 Å². The van der Waals surface area contributed by atoms with Crippen molar-refractivity contribution in [2.45, 2.75) is 0 Å². The molecule has 2 N–H and O–H groups in total. The summed E-state index contributed by atoms with van der Waals surface area (Å²) in [6.07, 6.45) is 1.39. The SMILES string of the molecule is O=C(COc1cc(Cl)c(Cl)cc1Cl)N/N=C/c1cccc(O)c1. The van der Waals surface area contributed by atoms with E-state index in [0.717, 1.165) is 0 Å². The Bertz CT molecular complexity index is 751. The summed E-state index contributed by atoms with van der Waals surface area (Å²) in [7, 11) is 0. The van der Waals surface area contributed by atoms with Crippen molar-refractivity contribution in [3.8, 4) is 11.5 Å². The highest BCUT2D eigenvalue weighted by molar-refractivity contribution is 6.43. The lowest BCUT2D eigenvalue weighted by Gasteiger charge is -2.08. The van der Waals surface area contributed by atoms with E-state index in [4.69, 9.17) is 39.5 Å². The van der Waals surface area contributed by atoms with E-state index >= 15 is 0 Å². The number of amides is 1. The van der Waals surface area contributed by atoms with Crippen molar-refractivity contribution in [1.82, 2.24) is 5.43 Å². The predicted molar refractivity (Wildman–Crippen MR) is 90.8 cm³/mol. The molecule has 0 spiro atoms. The first-order chi connectivity index (χ1) is 11.0. The van der Waals surface area contributed by atoms with Crippen LogP contribution in [0.3, 0.4) is 0 Å². The number of hydrogen-bond acceptors (Lipinski definition) is 4. The average molecular weight is 374 g/mol. The third-order valence-corrected chi connectivity index (χ3v) is 3.62. The van der Waals surface area contributed by atoms with Crippen molar-refractivity contribution in [3.63, 3.8) is 0 Å². The number of rotatable bonds is 5. The molecule has 0 aromatic heterocycles. The molecule has 0 bridgehead atoms. The van der Waals surface area contributed by atoms with Crippen molar-refractivity contribution in [3.05, 3.63) is 57.0 Å². The molecule has 0 aliphatic carbocycles. The van der Waals surface area contributed by atoms with Gasteiger partial charge in [-0.2, -0.15) is 5.10 Å². The second-order valence-electron chi connectivity index (χ2n) is 4.37. The van der Waals surface area contributed by atoms with E-state index in [1.165, 1.54) is 30.5 Å². The maximum absolute atomic E-state index is 11.6. The van der Waals surface area contributed by atoms with E-state index < -0.39 is 5.91 Å².